The molecule has 1 atom stereocenters. The van der Waals surface area contributed by atoms with Gasteiger partial charge in [0.2, 0.25) is 0 Å². The maximum absolute atomic E-state index is 6.07. The Labute approximate surface area is 128 Å². The highest BCUT2D eigenvalue weighted by Gasteiger charge is 2.13. The zero-order valence-corrected chi connectivity index (χ0v) is 13.4. The summed E-state index contributed by atoms with van der Waals surface area (Å²) in [5.74, 6) is 0. The molecule has 2 rings (SSSR count). The quantitative estimate of drug-likeness (QED) is 0.794. The summed E-state index contributed by atoms with van der Waals surface area (Å²) >= 11 is 13.8. The Bertz CT molecular complexity index is 551. The third kappa shape index (κ3) is 3.96. The Hall–Kier alpha value is -0.540. The van der Waals surface area contributed by atoms with Crippen LogP contribution in [0.25, 0.3) is 0 Å². The van der Waals surface area contributed by atoms with E-state index in [2.05, 4.69) is 30.6 Å². The summed E-state index contributed by atoms with van der Waals surface area (Å²) in [6.07, 6.45) is 0.918. The fourth-order valence-electron chi connectivity index (χ4n) is 2.10. The molecule has 0 aliphatic heterocycles. The first-order valence-electron chi connectivity index (χ1n) is 6.32. The number of thiophene rings is 1. The van der Waals surface area contributed by atoms with E-state index in [-0.39, 0.29) is 0 Å². The van der Waals surface area contributed by atoms with Gasteiger partial charge in [0.1, 0.15) is 0 Å². The lowest BCUT2D eigenvalue weighted by atomic mass is 10.0. The van der Waals surface area contributed by atoms with Gasteiger partial charge in [-0.05, 0) is 54.6 Å². The number of rotatable bonds is 5. The maximum atomic E-state index is 6.07. The molecule has 1 heterocycles. The fourth-order valence-corrected chi connectivity index (χ4v) is 3.18. The minimum absolute atomic E-state index is 0.326. The number of benzene rings is 1. The minimum atomic E-state index is 0.326. The molecule has 0 radical (unpaired) electrons. The van der Waals surface area contributed by atoms with Crippen molar-refractivity contribution in [3.63, 3.8) is 0 Å². The van der Waals surface area contributed by atoms with Crippen molar-refractivity contribution in [2.45, 2.75) is 26.3 Å². The minimum Gasteiger partial charge on any atom is -0.310 e. The standard InChI is InChI=1S/C15H17Cl2NS/c1-3-18-15(12-6-10(2)19-9-12)8-11-4-5-13(16)14(17)7-11/h4-7,9,15,18H,3,8H2,1-2H3. The zero-order chi connectivity index (χ0) is 13.8. The van der Waals surface area contributed by atoms with Gasteiger partial charge in [-0.15, -0.1) is 11.3 Å². The summed E-state index contributed by atoms with van der Waals surface area (Å²) in [4.78, 5) is 1.34. The highest BCUT2D eigenvalue weighted by molar-refractivity contribution is 7.10. The van der Waals surface area contributed by atoms with Crippen LogP contribution in [0.15, 0.2) is 29.6 Å². The lowest BCUT2D eigenvalue weighted by molar-refractivity contribution is 0.551. The van der Waals surface area contributed by atoms with Crippen LogP contribution >= 0.6 is 34.5 Å². The topological polar surface area (TPSA) is 12.0 Å². The molecule has 0 saturated carbocycles. The predicted molar refractivity (Wildman–Crippen MR) is 85.6 cm³/mol. The van der Waals surface area contributed by atoms with Crippen molar-refractivity contribution in [1.29, 1.82) is 0 Å². The molecule has 1 N–H and O–H groups in total. The predicted octanol–water partition coefficient (Wildman–Crippen LogP) is 5.26. The van der Waals surface area contributed by atoms with E-state index in [9.17, 15) is 0 Å². The van der Waals surface area contributed by atoms with Crippen molar-refractivity contribution in [1.82, 2.24) is 5.32 Å². The van der Waals surface area contributed by atoms with Crippen LogP contribution in [0.3, 0.4) is 0 Å². The lowest BCUT2D eigenvalue weighted by Crippen LogP contribution is -2.22. The first-order chi connectivity index (χ1) is 9.10. The van der Waals surface area contributed by atoms with Gasteiger partial charge in [0, 0.05) is 10.9 Å². The van der Waals surface area contributed by atoms with Crippen LogP contribution in [0.4, 0.5) is 0 Å². The number of hydrogen-bond acceptors (Lipinski definition) is 2. The smallest absolute Gasteiger partial charge is 0.0595 e. The molecular weight excluding hydrogens is 297 g/mol. The molecule has 19 heavy (non-hydrogen) atoms. The maximum Gasteiger partial charge on any atom is 0.0595 e. The first kappa shape index (κ1) is 14.9. The van der Waals surface area contributed by atoms with Crippen molar-refractivity contribution < 1.29 is 0 Å². The van der Waals surface area contributed by atoms with Gasteiger partial charge >= 0.3 is 0 Å². The Morgan fingerprint density at radius 3 is 2.58 bits per heavy atom. The van der Waals surface area contributed by atoms with Crippen molar-refractivity contribution in [2.24, 2.45) is 0 Å². The Balaban J connectivity index is 2.18. The number of likely N-dealkylation sites (N-methyl/N-ethyl adjacent to an activating group) is 1. The van der Waals surface area contributed by atoms with Gasteiger partial charge in [0.15, 0.2) is 0 Å². The number of halogens is 2. The zero-order valence-electron chi connectivity index (χ0n) is 11.0. The number of hydrogen-bond donors (Lipinski definition) is 1. The van der Waals surface area contributed by atoms with Gasteiger partial charge in [0.05, 0.1) is 10.0 Å². The summed E-state index contributed by atoms with van der Waals surface area (Å²) in [5.41, 5.74) is 2.54. The van der Waals surface area contributed by atoms with Gasteiger partial charge in [-0.3, -0.25) is 0 Å². The van der Waals surface area contributed by atoms with Crippen LogP contribution in [-0.4, -0.2) is 6.54 Å². The molecule has 2 aromatic rings. The molecule has 1 nitrogen and oxygen atoms in total. The van der Waals surface area contributed by atoms with E-state index in [4.69, 9.17) is 23.2 Å². The van der Waals surface area contributed by atoms with E-state index >= 15 is 0 Å². The first-order valence-corrected chi connectivity index (χ1v) is 7.96. The molecule has 0 fully saturated rings. The second kappa shape index (κ2) is 6.76. The summed E-state index contributed by atoms with van der Waals surface area (Å²) in [6.45, 7) is 5.21. The van der Waals surface area contributed by atoms with Crippen molar-refractivity contribution in [3.05, 3.63) is 55.7 Å². The van der Waals surface area contributed by atoms with Gasteiger partial charge in [0.25, 0.3) is 0 Å². The number of nitrogens with one attached hydrogen (secondary N) is 1. The molecule has 0 bridgehead atoms. The van der Waals surface area contributed by atoms with E-state index in [0.717, 1.165) is 13.0 Å². The van der Waals surface area contributed by atoms with Gasteiger partial charge in [-0.25, -0.2) is 0 Å². The van der Waals surface area contributed by atoms with Crippen LogP contribution in [0.5, 0.6) is 0 Å². The normalized spacial score (nSPS) is 12.6. The Kier molecular flexibility index (Phi) is 5.28. The monoisotopic (exact) mass is 313 g/mol. The van der Waals surface area contributed by atoms with E-state index in [1.807, 2.05) is 18.2 Å². The number of aryl methyl sites for hydroxylation is 1. The molecule has 102 valence electrons. The Morgan fingerprint density at radius 2 is 2.00 bits per heavy atom. The van der Waals surface area contributed by atoms with E-state index in [0.29, 0.717) is 16.1 Å². The molecule has 1 aromatic heterocycles. The van der Waals surface area contributed by atoms with Crippen LogP contribution in [0, 0.1) is 6.92 Å². The summed E-state index contributed by atoms with van der Waals surface area (Å²) in [5, 5.41) is 6.98. The van der Waals surface area contributed by atoms with Gasteiger partial charge in [-0.2, -0.15) is 0 Å². The molecule has 0 aliphatic rings. The average molecular weight is 314 g/mol. The molecule has 1 unspecified atom stereocenters. The second-order valence-electron chi connectivity index (χ2n) is 4.55. The van der Waals surface area contributed by atoms with Gasteiger partial charge in [-0.1, -0.05) is 36.2 Å². The lowest BCUT2D eigenvalue weighted by Gasteiger charge is -2.17. The third-order valence-corrected chi connectivity index (χ3v) is 4.65. The molecular formula is C15H17Cl2NS. The van der Waals surface area contributed by atoms with E-state index in [1.54, 1.807) is 11.3 Å². The molecule has 4 heteroatoms. The molecule has 0 aliphatic carbocycles. The van der Waals surface area contributed by atoms with Crippen molar-refractivity contribution >= 4 is 34.5 Å². The molecule has 0 spiro atoms. The molecule has 0 saturated heterocycles. The van der Waals surface area contributed by atoms with E-state index in [1.165, 1.54) is 16.0 Å². The third-order valence-electron chi connectivity index (χ3n) is 3.03. The van der Waals surface area contributed by atoms with Crippen LogP contribution < -0.4 is 5.32 Å². The summed E-state index contributed by atoms with van der Waals surface area (Å²) < 4.78 is 0. The van der Waals surface area contributed by atoms with Crippen LogP contribution in [0.2, 0.25) is 10.0 Å². The van der Waals surface area contributed by atoms with Crippen molar-refractivity contribution in [2.75, 3.05) is 6.54 Å². The molecule has 1 aromatic carbocycles. The Morgan fingerprint density at radius 1 is 1.21 bits per heavy atom. The SMILES string of the molecule is CCNC(Cc1ccc(Cl)c(Cl)c1)c1csc(C)c1. The van der Waals surface area contributed by atoms with Crippen molar-refractivity contribution in [3.8, 4) is 0 Å². The summed E-state index contributed by atoms with van der Waals surface area (Å²) in [7, 11) is 0. The fraction of sp³-hybridized carbons (Fsp3) is 0.333. The van der Waals surface area contributed by atoms with Gasteiger partial charge < -0.3 is 5.32 Å². The van der Waals surface area contributed by atoms with Crippen LogP contribution in [-0.2, 0) is 6.42 Å². The molecule has 0 amide bonds. The highest BCUT2D eigenvalue weighted by Crippen LogP contribution is 2.27. The largest absolute Gasteiger partial charge is 0.310 e. The second-order valence-corrected chi connectivity index (χ2v) is 6.48. The van der Waals surface area contributed by atoms with E-state index < -0.39 is 0 Å². The van der Waals surface area contributed by atoms with Crippen LogP contribution in [0.1, 0.15) is 29.0 Å². The summed E-state index contributed by atoms with van der Waals surface area (Å²) in [6, 6.07) is 8.43. The highest BCUT2D eigenvalue weighted by atomic mass is 35.5. The average Bonchev–Trinajstić information content (AvgIpc) is 2.80.